The Kier molecular flexibility index (Phi) is 6.68. The number of carbonyl (C=O) groups excluding carboxylic acids is 2. The van der Waals surface area contributed by atoms with Crippen LogP contribution in [0.5, 0.6) is 0 Å². The highest BCUT2D eigenvalue weighted by Gasteiger charge is 2.31. The number of guanidine groups is 1. The molecule has 7 heteroatoms. The van der Waals surface area contributed by atoms with Gasteiger partial charge in [-0.15, -0.1) is 0 Å². The van der Waals surface area contributed by atoms with E-state index in [1.807, 2.05) is 47.1 Å². The van der Waals surface area contributed by atoms with Crippen LogP contribution in [0.25, 0.3) is 0 Å². The molecule has 0 saturated carbocycles. The fraction of sp³-hybridized carbons (Fsp3) is 0.550. The molecular weight excluding hydrogens is 342 g/mol. The summed E-state index contributed by atoms with van der Waals surface area (Å²) in [5.74, 6) is 1.12. The largest absolute Gasteiger partial charge is 0.357 e. The summed E-state index contributed by atoms with van der Waals surface area (Å²) in [4.78, 5) is 32.3. The van der Waals surface area contributed by atoms with Crippen LogP contribution in [0, 0.1) is 0 Å². The van der Waals surface area contributed by atoms with E-state index in [4.69, 9.17) is 0 Å². The molecule has 2 amide bonds. The number of carbonyl (C=O) groups is 2. The highest BCUT2D eigenvalue weighted by atomic mass is 16.2. The van der Waals surface area contributed by atoms with Crippen molar-refractivity contribution in [3.8, 4) is 0 Å². The number of nitrogens with zero attached hydrogens (tertiary/aromatic N) is 3. The number of hydrogen-bond acceptors (Lipinski definition) is 3. The van der Waals surface area contributed by atoms with Crippen molar-refractivity contribution >= 4 is 23.5 Å². The van der Waals surface area contributed by atoms with Gasteiger partial charge < -0.3 is 20.4 Å². The molecule has 7 nitrogen and oxygen atoms in total. The molecule has 2 saturated heterocycles. The van der Waals surface area contributed by atoms with Crippen LogP contribution < -0.4 is 15.5 Å². The van der Waals surface area contributed by atoms with Gasteiger partial charge in [0, 0.05) is 51.3 Å². The van der Waals surface area contributed by atoms with Crippen LogP contribution in [0.4, 0.5) is 5.69 Å². The lowest BCUT2D eigenvalue weighted by Crippen LogP contribution is -2.44. The first-order valence-corrected chi connectivity index (χ1v) is 9.85. The Labute approximate surface area is 160 Å². The molecule has 1 aromatic carbocycles. The topological polar surface area (TPSA) is 77.0 Å². The third-order valence-electron chi connectivity index (χ3n) is 4.91. The first-order chi connectivity index (χ1) is 13.2. The van der Waals surface area contributed by atoms with E-state index in [1.165, 1.54) is 0 Å². The molecule has 2 aliphatic rings. The monoisotopic (exact) mass is 371 g/mol. The molecule has 1 atom stereocenters. The highest BCUT2D eigenvalue weighted by Crippen LogP contribution is 2.20. The summed E-state index contributed by atoms with van der Waals surface area (Å²) in [6.07, 6.45) is 2.96. The summed E-state index contributed by atoms with van der Waals surface area (Å²) in [5, 5.41) is 6.62. The van der Waals surface area contributed by atoms with E-state index in [2.05, 4.69) is 15.6 Å². The second-order valence-corrected chi connectivity index (χ2v) is 6.98. The zero-order chi connectivity index (χ0) is 19.1. The molecule has 0 aliphatic carbocycles. The van der Waals surface area contributed by atoms with Crippen LogP contribution in [-0.4, -0.2) is 61.4 Å². The summed E-state index contributed by atoms with van der Waals surface area (Å²) < 4.78 is 0. The molecule has 2 fully saturated rings. The van der Waals surface area contributed by atoms with Crippen LogP contribution in [0.2, 0.25) is 0 Å². The van der Waals surface area contributed by atoms with Crippen LogP contribution in [-0.2, 0) is 9.59 Å². The number of benzene rings is 1. The van der Waals surface area contributed by atoms with E-state index in [0.29, 0.717) is 25.9 Å². The number of anilines is 1. The van der Waals surface area contributed by atoms with Crippen molar-refractivity contribution in [1.29, 1.82) is 0 Å². The van der Waals surface area contributed by atoms with E-state index in [1.54, 1.807) is 0 Å². The Morgan fingerprint density at radius 3 is 2.74 bits per heavy atom. The predicted molar refractivity (Wildman–Crippen MR) is 107 cm³/mol. The molecule has 146 valence electrons. The summed E-state index contributed by atoms with van der Waals surface area (Å²) in [7, 11) is 0. The third kappa shape index (κ3) is 5.21. The maximum atomic E-state index is 12.4. The summed E-state index contributed by atoms with van der Waals surface area (Å²) in [6, 6.07) is 9.79. The van der Waals surface area contributed by atoms with E-state index in [-0.39, 0.29) is 17.9 Å². The smallest absolute Gasteiger partial charge is 0.229 e. The molecule has 0 aromatic heterocycles. The normalized spacial score (nSPS) is 20.5. The first-order valence-electron chi connectivity index (χ1n) is 9.85. The van der Waals surface area contributed by atoms with Gasteiger partial charge in [-0.2, -0.15) is 0 Å². The van der Waals surface area contributed by atoms with Crippen LogP contribution in [0.1, 0.15) is 32.6 Å². The third-order valence-corrected chi connectivity index (χ3v) is 4.91. The molecule has 3 rings (SSSR count). The molecule has 0 bridgehead atoms. The second kappa shape index (κ2) is 9.39. The molecule has 1 unspecified atom stereocenters. The van der Waals surface area contributed by atoms with Crippen molar-refractivity contribution in [2.24, 2.45) is 4.99 Å². The zero-order valence-corrected chi connectivity index (χ0v) is 16.0. The summed E-state index contributed by atoms with van der Waals surface area (Å²) in [6.45, 7) is 5.72. The molecule has 2 N–H and O–H groups in total. The number of para-hydroxylation sites is 1. The van der Waals surface area contributed by atoms with Crippen LogP contribution in [0.3, 0.4) is 0 Å². The Bertz CT molecular complexity index is 676. The lowest BCUT2D eigenvalue weighted by molar-refractivity contribution is -0.127. The fourth-order valence-corrected chi connectivity index (χ4v) is 3.57. The fourth-order valence-electron chi connectivity index (χ4n) is 3.57. The van der Waals surface area contributed by atoms with Crippen molar-refractivity contribution in [2.75, 3.05) is 37.6 Å². The van der Waals surface area contributed by atoms with Gasteiger partial charge in [0.05, 0.1) is 6.04 Å². The second-order valence-electron chi connectivity index (χ2n) is 6.98. The minimum Gasteiger partial charge on any atom is -0.357 e. The zero-order valence-electron chi connectivity index (χ0n) is 16.0. The molecular formula is C20H29N5O2. The van der Waals surface area contributed by atoms with E-state index >= 15 is 0 Å². The van der Waals surface area contributed by atoms with Crippen molar-refractivity contribution < 1.29 is 9.59 Å². The van der Waals surface area contributed by atoms with Gasteiger partial charge in [-0.05, 0) is 31.9 Å². The minimum absolute atomic E-state index is 0.0377. The standard InChI is InChI=1S/C20H29N5O2/c1-2-21-20(22-11-7-13-24-12-6-10-18(24)26)23-16-14-19(27)25(15-16)17-8-4-3-5-9-17/h3-5,8-9,16H,2,6-7,10-15H2,1H3,(H2,21,22,23). The van der Waals surface area contributed by atoms with Gasteiger partial charge >= 0.3 is 0 Å². The van der Waals surface area contributed by atoms with E-state index < -0.39 is 0 Å². The Morgan fingerprint density at radius 1 is 1.22 bits per heavy atom. The number of hydrogen-bond donors (Lipinski definition) is 2. The van der Waals surface area contributed by atoms with Gasteiger partial charge in [-0.1, -0.05) is 18.2 Å². The van der Waals surface area contributed by atoms with Crippen LogP contribution >= 0.6 is 0 Å². The van der Waals surface area contributed by atoms with Gasteiger partial charge in [0.2, 0.25) is 11.8 Å². The van der Waals surface area contributed by atoms with Gasteiger partial charge in [0.25, 0.3) is 0 Å². The van der Waals surface area contributed by atoms with Gasteiger partial charge in [-0.3, -0.25) is 14.6 Å². The lowest BCUT2D eigenvalue weighted by atomic mass is 10.2. The molecule has 0 radical (unpaired) electrons. The molecule has 2 aliphatic heterocycles. The number of amides is 2. The van der Waals surface area contributed by atoms with Crippen LogP contribution in [0.15, 0.2) is 35.3 Å². The Hall–Kier alpha value is -2.57. The SMILES string of the molecule is CCNC(=NCCCN1CCCC1=O)NC1CC(=O)N(c2ccccc2)C1. The maximum absolute atomic E-state index is 12.4. The average molecular weight is 371 g/mol. The highest BCUT2D eigenvalue weighted by molar-refractivity contribution is 5.97. The number of likely N-dealkylation sites (tertiary alicyclic amines) is 1. The number of rotatable bonds is 7. The molecule has 0 spiro atoms. The van der Waals surface area contributed by atoms with E-state index in [0.717, 1.165) is 44.1 Å². The first kappa shape index (κ1) is 19.2. The lowest BCUT2D eigenvalue weighted by Gasteiger charge is -2.19. The molecule has 27 heavy (non-hydrogen) atoms. The molecule has 1 aromatic rings. The van der Waals surface area contributed by atoms with Crippen molar-refractivity contribution in [1.82, 2.24) is 15.5 Å². The maximum Gasteiger partial charge on any atom is 0.229 e. The Balaban J connectivity index is 1.50. The van der Waals surface area contributed by atoms with Crippen molar-refractivity contribution in [3.63, 3.8) is 0 Å². The van der Waals surface area contributed by atoms with Gasteiger partial charge in [0.1, 0.15) is 0 Å². The quantitative estimate of drug-likeness (QED) is 0.431. The summed E-state index contributed by atoms with van der Waals surface area (Å²) in [5.41, 5.74) is 0.934. The molecule has 2 heterocycles. The van der Waals surface area contributed by atoms with Crippen molar-refractivity contribution in [3.05, 3.63) is 30.3 Å². The number of aliphatic imine (C=N–C) groups is 1. The predicted octanol–water partition coefficient (Wildman–Crippen LogP) is 1.36. The Morgan fingerprint density at radius 2 is 2.04 bits per heavy atom. The average Bonchev–Trinajstić information content (AvgIpc) is 3.25. The minimum atomic E-state index is 0.0377. The van der Waals surface area contributed by atoms with Gasteiger partial charge in [-0.25, -0.2) is 0 Å². The number of nitrogens with one attached hydrogen (secondary N) is 2. The summed E-state index contributed by atoms with van der Waals surface area (Å²) >= 11 is 0. The van der Waals surface area contributed by atoms with Gasteiger partial charge in [0.15, 0.2) is 5.96 Å². The van der Waals surface area contributed by atoms with E-state index in [9.17, 15) is 9.59 Å². The van der Waals surface area contributed by atoms with Crippen molar-refractivity contribution in [2.45, 2.75) is 38.6 Å².